The fraction of sp³-hybridized carbons (Fsp3) is 0.300. The molecular formula is C20H21FN4O2. The molecule has 27 heavy (non-hydrogen) atoms. The van der Waals surface area contributed by atoms with E-state index in [9.17, 15) is 14.3 Å². The van der Waals surface area contributed by atoms with Crippen LogP contribution in [0.2, 0.25) is 0 Å². The molecule has 1 unspecified atom stereocenters. The van der Waals surface area contributed by atoms with Gasteiger partial charge in [-0.05, 0) is 35.9 Å². The van der Waals surface area contributed by atoms with E-state index in [4.69, 9.17) is 0 Å². The van der Waals surface area contributed by atoms with Crippen LogP contribution in [0, 0.1) is 5.82 Å². The van der Waals surface area contributed by atoms with Crippen molar-refractivity contribution in [2.75, 3.05) is 26.2 Å². The number of halogens is 1. The van der Waals surface area contributed by atoms with Crippen LogP contribution >= 0.6 is 0 Å². The maximum absolute atomic E-state index is 13.4. The summed E-state index contributed by atoms with van der Waals surface area (Å²) in [6, 6.07) is 7.66. The first kappa shape index (κ1) is 17.6. The van der Waals surface area contributed by atoms with Crippen LogP contribution in [0.15, 0.2) is 48.9 Å². The summed E-state index contributed by atoms with van der Waals surface area (Å²) >= 11 is 0. The number of H-pyrrole nitrogens is 1. The van der Waals surface area contributed by atoms with Crippen LogP contribution in [0.25, 0.3) is 10.9 Å². The number of carbonyl (C=O) groups is 1. The Morgan fingerprint density at radius 2 is 1.93 bits per heavy atom. The average molecular weight is 368 g/mol. The van der Waals surface area contributed by atoms with Gasteiger partial charge < -0.3 is 10.1 Å². The van der Waals surface area contributed by atoms with E-state index in [1.54, 1.807) is 24.7 Å². The van der Waals surface area contributed by atoms with E-state index >= 15 is 0 Å². The number of hydrogen-bond acceptors (Lipinski definition) is 4. The largest absolute Gasteiger partial charge is 0.480 e. The molecule has 2 aromatic heterocycles. The van der Waals surface area contributed by atoms with Gasteiger partial charge in [-0.1, -0.05) is 0 Å². The molecule has 7 heteroatoms. The molecule has 6 nitrogen and oxygen atoms in total. The number of nitrogens with zero attached hydrogens (tertiary/aromatic N) is 3. The van der Waals surface area contributed by atoms with Crippen molar-refractivity contribution in [1.82, 2.24) is 19.8 Å². The second-order valence-electron chi connectivity index (χ2n) is 6.84. The first-order valence-electron chi connectivity index (χ1n) is 8.96. The molecule has 3 heterocycles. The van der Waals surface area contributed by atoms with Gasteiger partial charge in [0.1, 0.15) is 11.9 Å². The summed E-state index contributed by atoms with van der Waals surface area (Å²) in [6.45, 7) is 3.75. The number of hydrogen-bond donors (Lipinski definition) is 2. The molecule has 1 aliphatic heterocycles. The Bertz CT molecular complexity index is 936. The Hall–Kier alpha value is -2.77. The van der Waals surface area contributed by atoms with Gasteiger partial charge in [-0.2, -0.15) is 0 Å². The van der Waals surface area contributed by atoms with Crippen molar-refractivity contribution in [3.8, 4) is 0 Å². The summed E-state index contributed by atoms with van der Waals surface area (Å²) in [4.78, 5) is 23.4. The average Bonchev–Trinajstić information content (AvgIpc) is 3.06. The van der Waals surface area contributed by atoms with E-state index in [1.165, 1.54) is 17.7 Å². The lowest BCUT2D eigenvalue weighted by atomic mass is 10.0. The van der Waals surface area contributed by atoms with E-state index in [0.717, 1.165) is 25.0 Å². The van der Waals surface area contributed by atoms with Gasteiger partial charge in [0.15, 0.2) is 0 Å². The molecule has 4 rings (SSSR count). The topological polar surface area (TPSA) is 72.5 Å². The van der Waals surface area contributed by atoms with Gasteiger partial charge in [-0.15, -0.1) is 0 Å². The number of nitrogens with one attached hydrogen (secondary N) is 1. The summed E-state index contributed by atoms with van der Waals surface area (Å²) in [5.74, 6) is -1.23. The van der Waals surface area contributed by atoms with Gasteiger partial charge in [0, 0.05) is 67.8 Å². The third kappa shape index (κ3) is 3.70. The maximum atomic E-state index is 13.4. The fourth-order valence-electron chi connectivity index (χ4n) is 3.76. The molecule has 0 amide bonds. The maximum Gasteiger partial charge on any atom is 0.325 e. The van der Waals surface area contributed by atoms with Gasteiger partial charge in [0.05, 0.1) is 0 Å². The monoisotopic (exact) mass is 368 g/mol. The minimum atomic E-state index is -0.886. The van der Waals surface area contributed by atoms with E-state index in [-0.39, 0.29) is 5.82 Å². The number of piperazine rings is 1. The van der Waals surface area contributed by atoms with E-state index in [0.29, 0.717) is 24.2 Å². The Kier molecular flexibility index (Phi) is 4.87. The Morgan fingerprint density at radius 1 is 1.19 bits per heavy atom. The van der Waals surface area contributed by atoms with Crippen molar-refractivity contribution in [3.05, 3.63) is 65.9 Å². The molecule has 1 fully saturated rings. The van der Waals surface area contributed by atoms with E-state index in [1.807, 2.05) is 17.0 Å². The molecule has 0 saturated carbocycles. The second kappa shape index (κ2) is 7.46. The molecule has 3 aromatic rings. The number of benzene rings is 1. The third-order valence-electron chi connectivity index (χ3n) is 5.13. The number of carboxylic acid groups (broad SMARTS) is 1. The summed E-state index contributed by atoms with van der Waals surface area (Å²) < 4.78 is 13.4. The minimum Gasteiger partial charge on any atom is -0.480 e. The standard InChI is InChI=1S/C20H21FN4O2/c21-15-1-2-16-17(12-23-18(16)11-15)19(20(26)27)25-9-7-24(8-10-25)13-14-3-5-22-6-4-14/h1-6,11-12,19,23H,7-10,13H2,(H,26,27). The second-order valence-corrected chi connectivity index (χ2v) is 6.84. The van der Waals surface area contributed by atoms with E-state index < -0.39 is 12.0 Å². The van der Waals surface area contributed by atoms with Crippen LogP contribution in [0.1, 0.15) is 17.2 Å². The lowest BCUT2D eigenvalue weighted by molar-refractivity contribution is -0.144. The number of aliphatic carboxylic acids is 1. The fourth-order valence-corrected chi connectivity index (χ4v) is 3.76. The van der Waals surface area contributed by atoms with Crippen LogP contribution in [0.3, 0.4) is 0 Å². The third-order valence-corrected chi connectivity index (χ3v) is 5.13. The summed E-state index contributed by atoms with van der Waals surface area (Å²) in [5, 5.41) is 10.6. The first-order valence-corrected chi connectivity index (χ1v) is 8.96. The molecule has 1 saturated heterocycles. The van der Waals surface area contributed by atoms with Crippen LogP contribution in [-0.4, -0.2) is 57.0 Å². The van der Waals surface area contributed by atoms with Crippen molar-refractivity contribution in [1.29, 1.82) is 0 Å². The van der Waals surface area contributed by atoms with Crippen LogP contribution < -0.4 is 0 Å². The molecule has 140 valence electrons. The Morgan fingerprint density at radius 3 is 2.63 bits per heavy atom. The van der Waals surface area contributed by atoms with Crippen molar-refractivity contribution in [2.45, 2.75) is 12.6 Å². The SMILES string of the molecule is O=C(O)C(c1c[nH]c2cc(F)ccc12)N1CCN(Cc2ccncc2)CC1. The molecule has 1 atom stereocenters. The molecule has 0 spiro atoms. The number of carboxylic acids is 1. The van der Waals surface area contributed by atoms with Crippen molar-refractivity contribution in [3.63, 3.8) is 0 Å². The molecule has 1 aliphatic rings. The lowest BCUT2D eigenvalue weighted by Crippen LogP contribution is -2.48. The first-order chi connectivity index (χ1) is 13.1. The predicted molar refractivity (Wildman–Crippen MR) is 99.7 cm³/mol. The Balaban J connectivity index is 1.49. The summed E-state index contributed by atoms with van der Waals surface area (Å²) in [5.41, 5.74) is 2.50. The van der Waals surface area contributed by atoms with Crippen LogP contribution in [-0.2, 0) is 11.3 Å². The highest BCUT2D eigenvalue weighted by atomic mass is 19.1. The number of fused-ring (bicyclic) bond motifs is 1. The molecule has 1 aromatic carbocycles. The quantitative estimate of drug-likeness (QED) is 0.724. The summed E-state index contributed by atoms with van der Waals surface area (Å²) in [6.07, 6.45) is 5.25. The van der Waals surface area contributed by atoms with Crippen molar-refractivity contribution < 1.29 is 14.3 Å². The highest BCUT2D eigenvalue weighted by Gasteiger charge is 2.32. The smallest absolute Gasteiger partial charge is 0.325 e. The Labute approximate surface area is 156 Å². The number of aromatic amines is 1. The van der Waals surface area contributed by atoms with Gasteiger partial charge in [-0.3, -0.25) is 19.6 Å². The highest BCUT2D eigenvalue weighted by molar-refractivity contribution is 5.89. The van der Waals surface area contributed by atoms with Gasteiger partial charge in [0.2, 0.25) is 0 Å². The predicted octanol–water partition coefficient (Wildman–Crippen LogP) is 2.65. The van der Waals surface area contributed by atoms with Gasteiger partial charge in [0.25, 0.3) is 0 Å². The number of pyridine rings is 1. The van der Waals surface area contributed by atoms with Crippen molar-refractivity contribution >= 4 is 16.9 Å². The number of rotatable bonds is 5. The molecule has 0 bridgehead atoms. The normalized spacial score (nSPS) is 17.2. The number of aromatic nitrogens is 2. The lowest BCUT2D eigenvalue weighted by Gasteiger charge is -2.37. The molecule has 2 N–H and O–H groups in total. The minimum absolute atomic E-state index is 0.340. The highest BCUT2D eigenvalue weighted by Crippen LogP contribution is 2.30. The van der Waals surface area contributed by atoms with Crippen LogP contribution in [0.5, 0.6) is 0 Å². The van der Waals surface area contributed by atoms with Gasteiger partial charge in [-0.25, -0.2) is 4.39 Å². The zero-order valence-corrected chi connectivity index (χ0v) is 14.8. The van der Waals surface area contributed by atoms with Gasteiger partial charge >= 0.3 is 5.97 Å². The molecule has 0 radical (unpaired) electrons. The zero-order chi connectivity index (χ0) is 18.8. The zero-order valence-electron chi connectivity index (χ0n) is 14.8. The van der Waals surface area contributed by atoms with Crippen LogP contribution in [0.4, 0.5) is 4.39 Å². The van der Waals surface area contributed by atoms with E-state index in [2.05, 4.69) is 14.9 Å². The van der Waals surface area contributed by atoms with Crippen molar-refractivity contribution in [2.24, 2.45) is 0 Å². The molecule has 0 aliphatic carbocycles. The summed E-state index contributed by atoms with van der Waals surface area (Å²) in [7, 11) is 0. The molecular weight excluding hydrogens is 347 g/mol.